The van der Waals surface area contributed by atoms with Gasteiger partial charge in [-0.25, -0.2) is 0 Å². The van der Waals surface area contributed by atoms with Crippen LogP contribution in [0.1, 0.15) is 34.9 Å². The van der Waals surface area contributed by atoms with Crippen LogP contribution in [0.5, 0.6) is 0 Å². The second-order valence-electron chi connectivity index (χ2n) is 5.05. The topological polar surface area (TPSA) is 86.6 Å². The Labute approximate surface area is 131 Å². The van der Waals surface area contributed by atoms with Crippen LogP contribution in [0.15, 0.2) is 24.3 Å². The van der Waals surface area contributed by atoms with Gasteiger partial charge in [-0.1, -0.05) is 24.3 Å². The van der Waals surface area contributed by atoms with Crippen molar-refractivity contribution >= 4 is 11.6 Å². The Kier molecular flexibility index (Phi) is 6.86. The molecule has 1 aromatic rings. The second kappa shape index (κ2) is 8.19. The molecule has 0 bridgehead atoms. The summed E-state index contributed by atoms with van der Waals surface area (Å²) in [6.07, 6.45) is -8.18. The Morgan fingerprint density at radius 3 is 2.22 bits per heavy atom. The molecule has 0 saturated carbocycles. The highest BCUT2D eigenvalue weighted by molar-refractivity contribution is 6.09. The number of nitrogens with one attached hydrogen (secondary N) is 1. The standard InChI is InChI=1S/C15H18F3NO4/c1-19-7-6-11(20)14(23)10-4-2-9(3-5-10)12(21)8-13(22)15(16,17)18/h2-5,11,14,19-20,23H,6-8H2,1H3. The van der Waals surface area contributed by atoms with E-state index in [4.69, 9.17) is 0 Å². The third kappa shape index (κ3) is 5.74. The molecule has 0 aliphatic heterocycles. The number of ketones is 2. The van der Waals surface area contributed by atoms with Crippen molar-refractivity contribution in [3.63, 3.8) is 0 Å². The maximum Gasteiger partial charge on any atom is 0.450 e. The van der Waals surface area contributed by atoms with Gasteiger partial charge in [0, 0.05) is 5.56 Å². The van der Waals surface area contributed by atoms with Gasteiger partial charge in [-0.15, -0.1) is 0 Å². The number of carbonyl (C=O) groups is 2. The van der Waals surface area contributed by atoms with Gasteiger partial charge in [0.05, 0.1) is 12.5 Å². The maximum atomic E-state index is 12.1. The highest BCUT2D eigenvalue weighted by Crippen LogP contribution is 2.22. The lowest BCUT2D eigenvalue weighted by atomic mass is 9.98. The molecule has 128 valence electrons. The molecular formula is C15H18F3NO4. The van der Waals surface area contributed by atoms with Crippen molar-refractivity contribution in [1.29, 1.82) is 0 Å². The predicted octanol–water partition coefficient (Wildman–Crippen LogP) is 1.39. The zero-order chi connectivity index (χ0) is 17.6. The number of hydrogen-bond acceptors (Lipinski definition) is 5. The van der Waals surface area contributed by atoms with Crippen LogP contribution in [-0.4, -0.2) is 47.7 Å². The van der Waals surface area contributed by atoms with E-state index in [9.17, 15) is 33.0 Å². The van der Waals surface area contributed by atoms with Gasteiger partial charge in [-0.2, -0.15) is 13.2 Å². The maximum absolute atomic E-state index is 12.1. The molecule has 23 heavy (non-hydrogen) atoms. The zero-order valence-corrected chi connectivity index (χ0v) is 12.4. The van der Waals surface area contributed by atoms with E-state index in [0.717, 1.165) is 0 Å². The summed E-state index contributed by atoms with van der Waals surface area (Å²) in [7, 11) is 1.70. The number of rotatable bonds is 8. The summed E-state index contributed by atoms with van der Waals surface area (Å²) >= 11 is 0. The van der Waals surface area contributed by atoms with E-state index in [2.05, 4.69) is 5.32 Å². The number of alkyl halides is 3. The average Bonchev–Trinajstić information content (AvgIpc) is 2.50. The summed E-state index contributed by atoms with van der Waals surface area (Å²) in [4.78, 5) is 22.4. The van der Waals surface area contributed by atoms with Crippen LogP contribution >= 0.6 is 0 Å². The van der Waals surface area contributed by atoms with Crippen LogP contribution < -0.4 is 5.32 Å². The smallest absolute Gasteiger partial charge is 0.390 e. The fraction of sp³-hybridized carbons (Fsp3) is 0.467. The highest BCUT2D eigenvalue weighted by atomic mass is 19.4. The first-order valence-electron chi connectivity index (χ1n) is 6.90. The molecule has 3 N–H and O–H groups in total. The molecule has 0 aliphatic rings. The first-order valence-corrected chi connectivity index (χ1v) is 6.90. The first kappa shape index (κ1) is 19.3. The van der Waals surface area contributed by atoms with Gasteiger partial charge < -0.3 is 15.5 Å². The molecule has 5 nitrogen and oxygen atoms in total. The lowest BCUT2D eigenvalue weighted by Gasteiger charge is -2.18. The van der Waals surface area contributed by atoms with Gasteiger partial charge in [-0.3, -0.25) is 9.59 Å². The van der Waals surface area contributed by atoms with E-state index in [0.29, 0.717) is 18.5 Å². The van der Waals surface area contributed by atoms with Crippen LogP contribution in [0.3, 0.4) is 0 Å². The number of hydrogen-bond donors (Lipinski definition) is 3. The highest BCUT2D eigenvalue weighted by Gasteiger charge is 2.39. The number of aliphatic hydroxyl groups excluding tert-OH is 2. The lowest BCUT2D eigenvalue weighted by molar-refractivity contribution is -0.170. The number of carbonyl (C=O) groups excluding carboxylic acids is 2. The molecule has 0 radical (unpaired) electrons. The SMILES string of the molecule is CNCCC(O)C(O)c1ccc(C(=O)CC(=O)C(F)(F)F)cc1. The Morgan fingerprint density at radius 1 is 1.17 bits per heavy atom. The van der Waals surface area contributed by atoms with Crippen molar-refractivity contribution in [3.05, 3.63) is 35.4 Å². The van der Waals surface area contributed by atoms with E-state index < -0.39 is 36.4 Å². The van der Waals surface area contributed by atoms with E-state index in [1.807, 2.05) is 0 Å². The van der Waals surface area contributed by atoms with Gasteiger partial charge >= 0.3 is 6.18 Å². The van der Waals surface area contributed by atoms with Crippen molar-refractivity contribution < 1.29 is 33.0 Å². The molecule has 2 unspecified atom stereocenters. The van der Waals surface area contributed by atoms with Crippen molar-refractivity contribution in [1.82, 2.24) is 5.32 Å². The molecule has 0 saturated heterocycles. The van der Waals surface area contributed by atoms with Crippen LogP contribution in [0.4, 0.5) is 13.2 Å². The minimum Gasteiger partial charge on any atom is -0.390 e. The van der Waals surface area contributed by atoms with Crippen molar-refractivity contribution in [2.24, 2.45) is 0 Å². The Bertz CT molecular complexity index is 543. The van der Waals surface area contributed by atoms with Crippen molar-refractivity contribution in [2.75, 3.05) is 13.6 Å². The fourth-order valence-electron chi connectivity index (χ4n) is 1.89. The summed E-state index contributed by atoms with van der Waals surface area (Å²) in [6, 6.07) is 5.10. The van der Waals surface area contributed by atoms with Crippen molar-refractivity contribution in [2.45, 2.75) is 31.2 Å². The molecule has 0 fully saturated rings. The van der Waals surface area contributed by atoms with Gasteiger partial charge in [0.1, 0.15) is 6.10 Å². The Morgan fingerprint density at radius 2 is 1.74 bits per heavy atom. The monoisotopic (exact) mass is 333 g/mol. The van der Waals surface area contributed by atoms with E-state index in [1.165, 1.54) is 24.3 Å². The molecule has 1 rings (SSSR count). The van der Waals surface area contributed by atoms with Gasteiger partial charge in [0.15, 0.2) is 5.78 Å². The molecular weight excluding hydrogens is 315 g/mol. The summed E-state index contributed by atoms with van der Waals surface area (Å²) in [6.45, 7) is 0.494. The number of Topliss-reactive ketones (excluding diaryl/α,β-unsaturated/α-hetero) is 2. The van der Waals surface area contributed by atoms with Gasteiger partial charge in [0.25, 0.3) is 0 Å². The first-order chi connectivity index (χ1) is 10.7. The third-order valence-corrected chi connectivity index (χ3v) is 3.27. The second-order valence-corrected chi connectivity index (χ2v) is 5.05. The summed E-state index contributed by atoms with van der Waals surface area (Å²) in [5, 5.41) is 22.5. The summed E-state index contributed by atoms with van der Waals surface area (Å²) < 4.78 is 36.4. The van der Waals surface area contributed by atoms with E-state index in [-0.39, 0.29) is 5.56 Å². The summed E-state index contributed by atoms with van der Waals surface area (Å²) in [5.74, 6) is -3.06. The third-order valence-electron chi connectivity index (χ3n) is 3.27. The Balaban J connectivity index is 2.72. The van der Waals surface area contributed by atoms with Crippen LogP contribution in [0, 0.1) is 0 Å². The molecule has 0 heterocycles. The van der Waals surface area contributed by atoms with E-state index in [1.54, 1.807) is 7.05 Å². The molecule has 2 atom stereocenters. The molecule has 8 heteroatoms. The predicted molar refractivity (Wildman–Crippen MR) is 76.0 cm³/mol. The number of halogens is 3. The summed E-state index contributed by atoms with van der Waals surface area (Å²) in [5.41, 5.74) is 0.260. The lowest BCUT2D eigenvalue weighted by Crippen LogP contribution is -2.25. The molecule has 1 aromatic carbocycles. The normalized spacial score (nSPS) is 14.3. The molecule has 0 aromatic heterocycles. The number of benzene rings is 1. The van der Waals surface area contributed by atoms with Crippen LogP contribution in [0.2, 0.25) is 0 Å². The van der Waals surface area contributed by atoms with Gasteiger partial charge in [0.2, 0.25) is 5.78 Å². The van der Waals surface area contributed by atoms with Crippen LogP contribution in [-0.2, 0) is 4.79 Å². The van der Waals surface area contributed by atoms with Gasteiger partial charge in [-0.05, 0) is 25.6 Å². The molecule has 0 spiro atoms. The average molecular weight is 333 g/mol. The van der Waals surface area contributed by atoms with E-state index >= 15 is 0 Å². The molecule has 0 aliphatic carbocycles. The molecule has 0 amide bonds. The van der Waals surface area contributed by atoms with Crippen LogP contribution in [0.25, 0.3) is 0 Å². The zero-order valence-electron chi connectivity index (χ0n) is 12.4. The number of aliphatic hydroxyl groups is 2. The minimum atomic E-state index is -5.04. The minimum absolute atomic E-state index is 0.0664. The Hall–Kier alpha value is -1.77. The fourth-order valence-corrected chi connectivity index (χ4v) is 1.89. The van der Waals surface area contributed by atoms with Crippen molar-refractivity contribution in [3.8, 4) is 0 Å². The quantitative estimate of drug-likeness (QED) is 0.494. The largest absolute Gasteiger partial charge is 0.450 e.